The van der Waals surface area contributed by atoms with Crippen LogP contribution in [-0.4, -0.2) is 61.2 Å². The Bertz CT molecular complexity index is 1680. The molecular formula is C36H46FN3O9. The number of methoxy groups -OCH3 is 1. The van der Waals surface area contributed by atoms with E-state index in [1.807, 2.05) is 4.90 Å². The molecule has 2 aliphatic carbocycles. The Hall–Kier alpha value is -3.97. The first kappa shape index (κ1) is 34.9. The van der Waals surface area contributed by atoms with Gasteiger partial charge in [0.1, 0.15) is 11.6 Å². The maximum absolute atomic E-state index is 14.2. The van der Waals surface area contributed by atoms with Gasteiger partial charge in [-0.15, -0.1) is 0 Å². The van der Waals surface area contributed by atoms with Crippen molar-refractivity contribution in [3.05, 3.63) is 52.2 Å². The van der Waals surface area contributed by atoms with E-state index in [0.29, 0.717) is 48.4 Å². The van der Waals surface area contributed by atoms with Crippen LogP contribution < -0.4 is 16.9 Å². The summed E-state index contributed by atoms with van der Waals surface area (Å²) in [6.45, 7) is 1.32. The van der Waals surface area contributed by atoms with Crippen molar-refractivity contribution >= 4 is 34.4 Å². The monoisotopic (exact) mass is 683 g/mol. The number of hydrogen-bond donors (Lipinski definition) is 2. The highest BCUT2D eigenvalue weighted by atomic mass is 19.1. The Morgan fingerprint density at radius 2 is 1.78 bits per heavy atom. The average Bonchev–Trinajstić information content (AvgIpc) is 3.83. The fourth-order valence-corrected chi connectivity index (χ4v) is 8.18. The zero-order valence-corrected chi connectivity index (χ0v) is 28.1. The number of carbonyl (C=O) groups is 3. The summed E-state index contributed by atoms with van der Waals surface area (Å²) in [7, 11) is 1.74. The van der Waals surface area contributed by atoms with Crippen molar-refractivity contribution in [2.45, 2.75) is 95.9 Å². The van der Waals surface area contributed by atoms with Crippen LogP contribution in [0.4, 0.5) is 10.1 Å². The number of rotatable bonds is 11. The molecule has 3 fully saturated rings. The fraction of sp³-hybridized carbons (Fsp3) is 0.611. The summed E-state index contributed by atoms with van der Waals surface area (Å²) in [5.41, 5.74) is 7.14. The van der Waals surface area contributed by atoms with Gasteiger partial charge in [-0.2, -0.15) is 0 Å². The van der Waals surface area contributed by atoms with Crippen molar-refractivity contribution in [2.24, 2.45) is 29.4 Å². The smallest absolute Gasteiger partial charge is 0.451 e. The molecule has 266 valence electrons. The van der Waals surface area contributed by atoms with E-state index in [2.05, 4.69) is 5.32 Å². The van der Waals surface area contributed by atoms with E-state index in [0.717, 1.165) is 44.9 Å². The topological polar surface area (TPSA) is 167 Å². The number of halogens is 1. The van der Waals surface area contributed by atoms with E-state index in [-0.39, 0.29) is 65.6 Å². The zero-order chi connectivity index (χ0) is 34.7. The second kappa shape index (κ2) is 15.3. The predicted molar refractivity (Wildman–Crippen MR) is 176 cm³/mol. The van der Waals surface area contributed by atoms with Gasteiger partial charge in [-0.05, 0) is 113 Å². The van der Waals surface area contributed by atoms with Crippen molar-refractivity contribution < 1.29 is 41.5 Å². The van der Waals surface area contributed by atoms with Crippen molar-refractivity contribution in [3.63, 3.8) is 0 Å². The third-order valence-corrected chi connectivity index (χ3v) is 11.0. The molecule has 3 aliphatic rings. The predicted octanol–water partition coefficient (Wildman–Crippen LogP) is 5.50. The lowest BCUT2D eigenvalue weighted by molar-refractivity contribution is -0.142. The van der Waals surface area contributed by atoms with Crippen molar-refractivity contribution in [3.8, 4) is 0 Å². The molecule has 6 rings (SSSR count). The molecule has 1 aliphatic heterocycles. The van der Waals surface area contributed by atoms with Crippen LogP contribution in [0.25, 0.3) is 11.0 Å². The lowest BCUT2D eigenvalue weighted by Crippen LogP contribution is -2.50. The van der Waals surface area contributed by atoms with Gasteiger partial charge >= 0.3 is 11.8 Å². The minimum atomic E-state index is -0.879. The molecule has 0 radical (unpaired) electrons. The van der Waals surface area contributed by atoms with Gasteiger partial charge in [-0.1, -0.05) is 0 Å². The summed E-state index contributed by atoms with van der Waals surface area (Å²) in [5, 5.41) is 3.64. The standard InChI is InChI=1S/C36H46FN3O9/c1-20-31(49-36(44)47-20)19-46-35(43)30-18-24-17-25(9-12-29(24)48-30)39-33(41)32-27(21-7-10-26(45-2)11-8-21)14-16-40(32)34(42)23-5-3-22(4-6-23)28(38)13-15-37/h9,12,17-18,21-23,26-28,32H,3-8,10-11,13-16,19,38H2,1-2H3,(H,39,41)/t21?,22-,23-,26?,27-,28+,32-/m0/s1. The van der Waals surface area contributed by atoms with Crippen LogP contribution in [0, 0.1) is 30.6 Å². The molecule has 3 heterocycles. The lowest BCUT2D eigenvalue weighted by Gasteiger charge is -2.37. The molecule has 1 saturated heterocycles. The van der Waals surface area contributed by atoms with Crippen molar-refractivity contribution in [2.75, 3.05) is 25.6 Å². The number of carbonyl (C=O) groups excluding carboxylic acids is 3. The highest BCUT2D eigenvalue weighted by Crippen LogP contribution is 2.42. The third-order valence-electron chi connectivity index (χ3n) is 11.0. The number of amides is 2. The first-order valence-electron chi connectivity index (χ1n) is 17.4. The molecule has 1 aromatic carbocycles. The van der Waals surface area contributed by atoms with E-state index in [4.69, 9.17) is 28.5 Å². The molecule has 0 spiro atoms. The quantitative estimate of drug-likeness (QED) is 0.246. The molecule has 2 amide bonds. The number of benzene rings is 1. The number of fused-ring (bicyclic) bond motifs is 1. The van der Waals surface area contributed by atoms with E-state index < -0.39 is 24.5 Å². The molecule has 12 nitrogen and oxygen atoms in total. The molecule has 2 aromatic heterocycles. The summed E-state index contributed by atoms with van der Waals surface area (Å²) in [4.78, 5) is 54.0. The molecular weight excluding hydrogens is 637 g/mol. The molecule has 3 atom stereocenters. The Kier molecular flexibility index (Phi) is 10.9. The number of furan rings is 1. The lowest BCUT2D eigenvalue weighted by atomic mass is 9.75. The maximum atomic E-state index is 14.2. The van der Waals surface area contributed by atoms with Gasteiger partial charge in [-0.3, -0.25) is 14.0 Å². The summed E-state index contributed by atoms with van der Waals surface area (Å²) in [6.07, 6.45) is 8.02. The average molecular weight is 684 g/mol. The van der Waals surface area contributed by atoms with Crippen LogP contribution in [0.2, 0.25) is 0 Å². The van der Waals surface area contributed by atoms with Gasteiger partial charge in [0.25, 0.3) is 0 Å². The number of likely N-dealkylation sites (tertiary alicyclic amines) is 1. The Labute approximate surface area is 283 Å². The summed E-state index contributed by atoms with van der Waals surface area (Å²) in [6, 6.07) is 5.79. The van der Waals surface area contributed by atoms with Gasteiger partial charge in [0.05, 0.1) is 12.8 Å². The second-order valence-electron chi connectivity index (χ2n) is 13.8. The number of nitrogens with two attached hydrogens (primary N) is 1. The van der Waals surface area contributed by atoms with E-state index >= 15 is 0 Å². The summed E-state index contributed by atoms with van der Waals surface area (Å²) in [5.74, 6) is -1.21. The molecule has 0 bridgehead atoms. The minimum absolute atomic E-state index is 0.0177. The largest absolute Gasteiger partial charge is 0.519 e. The number of aryl methyl sites for hydroxylation is 1. The van der Waals surface area contributed by atoms with Gasteiger partial charge < -0.3 is 38.7 Å². The molecule has 0 unspecified atom stereocenters. The van der Waals surface area contributed by atoms with Gasteiger partial charge in [0.2, 0.25) is 17.6 Å². The van der Waals surface area contributed by atoms with Gasteiger partial charge in [0, 0.05) is 36.7 Å². The van der Waals surface area contributed by atoms with Crippen molar-refractivity contribution in [1.82, 2.24) is 4.90 Å². The van der Waals surface area contributed by atoms with Crippen LogP contribution in [0.5, 0.6) is 0 Å². The fourth-order valence-electron chi connectivity index (χ4n) is 8.18. The molecule has 49 heavy (non-hydrogen) atoms. The number of anilines is 1. The van der Waals surface area contributed by atoms with E-state index in [9.17, 15) is 23.6 Å². The van der Waals surface area contributed by atoms with Crippen LogP contribution in [0.15, 0.2) is 42.3 Å². The van der Waals surface area contributed by atoms with Crippen LogP contribution in [0.3, 0.4) is 0 Å². The number of alkyl halides is 1. The Morgan fingerprint density at radius 3 is 2.45 bits per heavy atom. The number of ether oxygens (including phenoxy) is 2. The molecule has 2 saturated carbocycles. The highest BCUT2D eigenvalue weighted by molar-refractivity contribution is 6.00. The number of esters is 1. The molecule has 3 N–H and O–H groups in total. The SMILES string of the molecule is COC1CCC([C@@H]2CCN(C(=O)[C@H]3CC[C@H]([C@H](N)CCF)CC3)[C@@H]2C(=O)Nc2ccc3oc(C(=O)OCc4oc(=O)oc4C)cc3c2)CC1. The Morgan fingerprint density at radius 1 is 1.02 bits per heavy atom. The van der Waals surface area contributed by atoms with Gasteiger partial charge in [-0.25, -0.2) is 9.59 Å². The van der Waals surface area contributed by atoms with E-state index in [1.165, 1.54) is 13.0 Å². The van der Waals surface area contributed by atoms with Crippen molar-refractivity contribution in [1.29, 1.82) is 0 Å². The zero-order valence-electron chi connectivity index (χ0n) is 28.1. The van der Waals surface area contributed by atoms with Crippen LogP contribution in [-0.2, 0) is 25.7 Å². The molecule has 13 heteroatoms. The van der Waals surface area contributed by atoms with Crippen LogP contribution >= 0.6 is 0 Å². The third kappa shape index (κ3) is 7.77. The molecule has 3 aromatic rings. The first-order valence-corrected chi connectivity index (χ1v) is 17.4. The summed E-state index contributed by atoms with van der Waals surface area (Å²) >= 11 is 0. The van der Waals surface area contributed by atoms with Crippen LogP contribution in [0.1, 0.15) is 86.3 Å². The van der Waals surface area contributed by atoms with E-state index in [1.54, 1.807) is 25.3 Å². The van der Waals surface area contributed by atoms with Gasteiger partial charge in [0.15, 0.2) is 18.1 Å². The number of nitrogens with one attached hydrogen (secondary N) is 1. The minimum Gasteiger partial charge on any atom is -0.451 e. The highest BCUT2D eigenvalue weighted by Gasteiger charge is 2.47. The number of hydrogen-bond acceptors (Lipinski definition) is 10. The second-order valence-corrected chi connectivity index (χ2v) is 13.8. The summed E-state index contributed by atoms with van der Waals surface area (Å²) < 4.78 is 39.1. The first-order chi connectivity index (χ1) is 23.6. The number of nitrogens with zero attached hydrogens (tertiary/aromatic N) is 1. The maximum Gasteiger partial charge on any atom is 0.519 e. The Balaban J connectivity index is 1.15. The normalized spacial score (nSPS) is 26.5.